The molecule has 1 aromatic heterocycles. The number of halogens is 1. The van der Waals surface area contributed by atoms with Crippen molar-refractivity contribution >= 4 is 23.4 Å². The normalized spacial score (nSPS) is 27.0. The molecule has 3 aliphatic rings. The van der Waals surface area contributed by atoms with E-state index in [1.165, 1.54) is 0 Å². The highest BCUT2D eigenvalue weighted by Gasteiger charge is 2.47. The second kappa shape index (κ2) is 8.97. The average Bonchev–Trinajstić information content (AvgIpc) is 3.41. The van der Waals surface area contributed by atoms with Gasteiger partial charge >= 0.3 is 0 Å². The van der Waals surface area contributed by atoms with Crippen LogP contribution in [0.2, 0.25) is 0 Å². The zero-order chi connectivity index (χ0) is 22.9. The second-order valence-corrected chi connectivity index (χ2v) is 9.21. The highest BCUT2D eigenvalue weighted by Crippen LogP contribution is 2.44. The van der Waals surface area contributed by atoms with Crippen LogP contribution in [0.15, 0.2) is 42.6 Å². The number of carbonyl (C=O) groups is 1. The summed E-state index contributed by atoms with van der Waals surface area (Å²) in [4.78, 5) is 22.6. The molecule has 33 heavy (non-hydrogen) atoms. The largest absolute Gasteiger partial charge is 0.490 e. The maximum atomic E-state index is 14.5. The molecule has 2 aliphatic carbocycles. The zero-order valence-electron chi connectivity index (χ0n) is 18.6. The van der Waals surface area contributed by atoms with Crippen molar-refractivity contribution < 1.29 is 13.9 Å². The van der Waals surface area contributed by atoms with E-state index in [1.54, 1.807) is 0 Å². The summed E-state index contributed by atoms with van der Waals surface area (Å²) in [6.45, 7) is 2.09. The summed E-state index contributed by atoms with van der Waals surface area (Å²) in [6, 6.07) is 7.30. The molecule has 0 spiro atoms. The lowest BCUT2D eigenvalue weighted by atomic mass is 9.88. The number of likely N-dealkylation sites (tertiary alicyclic amines) is 1. The lowest BCUT2D eigenvalue weighted by Crippen LogP contribution is -2.41. The van der Waals surface area contributed by atoms with Crippen LogP contribution in [0.1, 0.15) is 19.3 Å². The number of piperidine rings is 1. The number of primary amides is 1. The number of nitrogens with two attached hydrogens (primary N) is 1. The van der Waals surface area contributed by atoms with Crippen molar-refractivity contribution in [1.29, 1.82) is 0 Å². The van der Waals surface area contributed by atoms with E-state index in [1.807, 2.05) is 30.3 Å². The molecule has 2 bridgehead atoms. The fourth-order valence-corrected chi connectivity index (χ4v) is 5.13. The number of amides is 1. The van der Waals surface area contributed by atoms with E-state index in [9.17, 15) is 9.18 Å². The van der Waals surface area contributed by atoms with Crippen molar-refractivity contribution in [2.45, 2.75) is 31.4 Å². The minimum atomic E-state index is -0.572. The monoisotopic (exact) mass is 452 g/mol. The van der Waals surface area contributed by atoms with Gasteiger partial charge in [0.05, 0.1) is 12.1 Å². The fourth-order valence-electron chi connectivity index (χ4n) is 5.13. The van der Waals surface area contributed by atoms with E-state index < -0.39 is 5.82 Å². The van der Waals surface area contributed by atoms with Gasteiger partial charge in [0.25, 0.3) is 0 Å². The van der Waals surface area contributed by atoms with E-state index in [2.05, 4.69) is 38.6 Å². The molecule has 174 valence electrons. The van der Waals surface area contributed by atoms with Crippen LogP contribution in [-0.4, -0.2) is 53.1 Å². The van der Waals surface area contributed by atoms with E-state index >= 15 is 0 Å². The maximum absolute atomic E-state index is 14.5. The molecule has 0 radical (unpaired) electrons. The summed E-state index contributed by atoms with van der Waals surface area (Å²) in [5.41, 5.74) is 6.38. The average molecular weight is 453 g/mol. The quantitative estimate of drug-likeness (QED) is 0.555. The number of nitrogens with one attached hydrogen (secondary N) is 2. The van der Waals surface area contributed by atoms with Gasteiger partial charge in [0.15, 0.2) is 11.6 Å². The Morgan fingerprint density at radius 1 is 1.18 bits per heavy atom. The number of allylic oxidation sites excluding steroid dienone is 1. The Labute approximate surface area is 192 Å². The van der Waals surface area contributed by atoms with Crippen molar-refractivity contribution in [3.8, 4) is 5.75 Å². The van der Waals surface area contributed by atoms with Crippen molar-refractivity contribution in [2.24, 2.45) is 23.5 Å². The second-order valence-electron chi connectivity index (χ2n) is 9.21. The van der Waals surface area contributed by atoms with Gasteiger partial charge in [-0.25, -0.2) is 9.37 Å². The topological polar surface area (TPSA) is 105 Å². The standard InChI is InChI=1S/C24H29FN6O2/c1-31-10-8-18(9-11-31)33-17-6-4-16(5-7-17)28-24-27-13-19(25)23(30-24)29-21-15-3-2-14(12-15)20(21)22(26)32/h2-7,13-15,18,20-21H,8-12H2,1H3,(H2,26,32)(H2,27,28,29,30). The lowest BCUT2D eigenvalue weighted by molar-refractivity contribution is -0.122. The molecule has 1 amide bonds. The number of rotatable bonds is 7. The SMILES string of the molecule is CN1CCC(Oc2ccc(Nc3ncc(F)c(NC4C5C=CC(C5)C4C(N)=O)n3)cc2)CC1. The highest BCUT2D eigenvalue weighted by atomic mass is 19.1. The van der Waals surface area contributed by atoms with Gasteiger partial charge in [-0.15, -0.1) is 0 Å². The van der Waals surface area contributed by atoms with Crippen molar-refractivity contribution in [2.75, 3.05) is 30.8 Å². The number of aromatic nitrogens is 2. The number of fused-ring (bicyclic) bond motifs is 2. The van der Waals surface area contributed by atoms with Crippen LogP contribution in [-0.2, 0) is 4.79 Å². The van der Waals surface area contributed by atoms with Gasteiger partial charge in [-0.2, -0.15) is 4.98 Å². The van der Waals surface area contributed by atoms with Crippen LogP contribution in [0, 0.1) is 23.6 Å². The van der Waals surface area contributed by atoms with Gasteiger partial charge in [-0.1, -0.05) is 12.2 Å². The summed E-state index contributed by atoms with van der Waals surface area (Å²) in [5, 5.41) is 6.22. The summed E-state index contributed by atoms with van der Waals surface area (Å²) in [5.74, 6) is 0.0570. The number of hydrogen-bond donors (Lipinski definition) is 3. The molecule has 2 heterocycles. The van der Waals surface area contributed by atoms with Gasteiger partial charge in [0, 0.05) is 24.8 Å². The van der Waals surface area contributed by atoms with E-state index in [4.69, 9.17) is 10.5 Å². The minimum Gasteiger partial charge on any atom is -0.490 e. The van der Waals surface area contributed by atoms with Crippen LogP contribution in [0.25, 0.3) is 0 Å². The number of nitrogens with zero attached hydrogens (tertiary/aromatic N) is 3. The molecule has 5 rings (SSSR count). The van der Waals surface area contributed by atoms with Crippen LogP contribution >= 0.6 is 0 Å². The van der Waals surface area contributed by atoms with E-state index in [0.717, 1.165) is 50.0 Å². The maximum Gasteiger partial charge on any atom is 0.229 e. The van der Waals surface area contributed by atoms with Crippen LogP contribution in [0.3, 0.4) is 0 Å². The summed E-state index contributed by atoms with van der Waals surface area (Å²) in [7, 11) is 2.13. The predicted molar refractivity (Wildman–Crippen MR) is 124 cm³/mol. The Balaban J connectivity index is 1.24. The number of anilines is 3. The third kappa shape index (κ3) is 4.64. The highest BCUT2D eigenvalue weighted by molar-refractivity contribution is 5.79. The fraction of sp³-hybridized carbons (Fsp3) is 0.458. The molecule has 1 saturated carbocycles. The number of carbonyl (C=O) groups excluding carboxylic acids is 1. The van der Waals surface area contributed by atoms with Gasteiger partial charge in [0.2, 0.25) is 11.9 Å². The number of benzene rings is 1. The molecule has 2 fully saturated rings. The van der Waals surface area contributed by atoms with Gasteiger partial charge in [-0.05, 0) is 62.4 Å². The molecule has 4 atom stereocenters. The van der Waals surface area contributed by atoms with Gasteiger partial charge < -0.3 is 26.0 Å². The molecular weight excluding hydrogens is 423 g/mol. The number of hydrogen-bond acceptors (Lipinski definition) is 7. The Bertz CT molecular complexity index is 1040. The minimum absolute atomic E-state index is 0.0620. The van der Waals surface area contributed by atoms with Crippen LogP contribution < -0.4 is 21.1 Å². The molecule has 2 aromatic rings. The Kier molecular flexibility index (Phi) is 5.88. The molecule has 1 aliphatic heterocycles. The molecule has 9 heteroatoms. The first kappa shape index (κ1) is 21.6. The molecule has 1 aromatic carbocycles. The van der Waals surface area contributed by atoms with Crippen LogP contribution in [0.4, 0.5) is 21.8 Å². The molecule has 4 unspecified atom stereocenters. The first-order valence-corrected chi connectivity index (χ1v) is 11.5. The summed E-state index contributed by atoms with van der Waals surface area (Å²) >= 11 is 0. The smallest absolute Gasteiger partial charge is 0.229 e. The molecule has 4 N–H and O–H groups in total. The molecule has 1 saturated heterocycles. The first-order chi connectivity index (χ1) is 16.0. The summed E-state index contributed by atoms with van der Waals surface area (Å²) < 4.78 is 20.5. The van der Waals surface area contributed by atoms with Crippen LogP contribution in [0.5, 0.6) is 5.75 Å². The van der Waals surface area contributed by atoms with Gasteiger partial charge in [-0.3, -0.25) is 4.79 Å². The summed E-state index contributed by atoms with van der Waals surface area (Å²) in [6.07, 6.45) is 8.33. The Morgan fingerprint density at radius 2 is 1.91 bits per heavy atom. The molecule has 8 nitrogen and oxygen atoms in total. The van der Waals surface area contributed by atoms with Crippen molar-refractivity contribution in [3.63, 3.8) is 0 Å². The molecular formula is C24H29FN6O2. The van der Waals surface area contributed by atoms with Crippen molar-refractivity contribution in [3.05, 3.63) is 48.4 Å². The first-order valence-electron chi connectivity index (χ1n) is 11.5. The predicted octanol–water partition coefficient (Wildman–Crippen LogP) is 2.92. The lowest BCUT2D eigenvalue weighted by Gasteiger charge is -2.29. The van der Waals surface area contributed by atoms with E-state index in [-0.39, 0.29) is 47.6 Å². The van der Waals surface area contributed by atoms with Gasteiger partial charge in [0.1, 0.15) is 11.9 Å². The Morgan fingerprint density at radius 3 is 2.64 bits per heavy atom. The third-order valence-corrected chi connectivity index (χ3v) is 6.91. The van der Waals surface area contributed by atoms with Crippen molar-refractivity contribution in [1.82, 2.24) is 14.9 Å². The third-order valence-electron chi connectivity index (χ3n) is 6.91. The Hall–Kier alpha value is -3.20. The zero-order valence-corrected chi connectivity index (χ0v) is 18.6. The van der Waals surface area contributed by atoms with E-state index in [0.29, 0.717) is 0 Å². The number of ether oxygens (including phenoxy) is 1.